The van der Waals surface area contributed by atoms with E-state index in [0.29, 0.717) is 31.4 Å². The molecule has 0 bridgehead atoms. The second kappa shape index (κ2) is 15.6. The molecule has 4 unspecified atom stereocenters. The normalized spacial score (nSPS) is 16.9. The van der Waals surface area contributed by atoms with Crippen molar-refractivity contribution in [3.8, 4) is 5.75 Å². The van der Waals surface area contributed by atoms with E-state index in [1.165, 1.54) is 12.1 Å². The molecular formula is C29H39N5O6. The molecule has 1 aliphatic heterocycles. The van der Waals surface area contributed by atoms with Gasteiger partial charge in [0.1, 0.15) is 23.9 Å². The Bertz CT molecular complexity index is 1120. The summed E-state index contributed by atoms with van der Waals surface area (Å²) in [5.41, 5.74) is 7.07. The summed E-state index contributed by atoms with van der Waals surface area (Å²) in [5.74, 6) is -2.64. The number of phenolic OH excluding ortho intramolecular Hbond substituents is 1. The van der Waals surface area contributed by atoms with Crippen LogP contribution in [-0.4, -0.2) is 71.2 Å². The number of carbonyl (C=O) groups excluding carboxylic acids is 3. The maximum absolute atomic E-state index is 13.5. The number of aliphatic carboxylic acids is 1. The van der Waals surface area contributed by atoms with Crippen LogP contribution in [0.5, 0.6) is 5.75 Å². The van der Waals surface area contributed by atoms with Crippen LogP contribution in [0.3, 0.4) is 0 Å². The van der Waals surface area contributed by atoms with E-state index in [0.717, 1.165) is 18.5 Å². The minimum Gasteiger partial charge on any atom is -0.508 e. The number of phenols is 1. The number of nitrogens with two attached hydrogens (primary N) is 1. The van der Waals surface area contributed by atoms with Crippen LogP contribution in [-0.2, 0) is 32.0 Å². The quantitative estimate of drug-likeness (QED) is 0.156. The Hall–Kier alpha value is -3.96. The number of amides is 3. The second-order valence-corrected chi connectivity index (χ2v) is 10.0. The molecule has 11 nitrogen and oxygen atoms in total. The SMILES string of the molecule is NCCCCC(NC(=O)C(Cc1ccccc1)NC(=O)C1CCCN1)C(=O)NC(Cc1ccc(O)cc1)C(=O)O. The maximum atomic E-state index is 13.5. The summed E-state index contributed by atoms with van der Waals surface area (Å²) in [6.45, 7) is 1.13. The van der Waals surface area contributed by atoms with Crippen molar-refractivity contribution in [2.24, 2.45) is 5.73 Å². The molecule has 1 heterocycles. The zero-order chi connectivity index (χ0) is 28.9. The molecule has 3 amide bonds. The van der Waals surface area contributed by atoms with E-state index >= 15 is 0 Å². The first-order valence-electron chi connectivity index (χ1n) is 13.7. The van der Waals surface area contributed by atoms with Gasteiger partial charge in [0.15, 0.2) is 0 Å². The number of carboxylic acid groups (broad SMARTS) is 1. The number of aromatic hydroxyl groups is 1. The summed E-state index contributed by atoms with van der Waals surface area (Å²) < 4.78 is 0. The Balaban J connectivity index is 1.74. The molecule has 8 N–H and O–H groups in total. The van der Waals surface area contributed by atoms with Gasteiger partial charge in [0.25, 0.3) is 0 Å². The van der Waals surface area contributed by atoms with E-state index in [1.807, 2.05) is 30.3 Å². The fourth-order valence-electron chi connectivity index (χ4n) is 4.61. The standard InChI is InChI=1S/C29H39N5O6/c30-15-5-4-9-23(27(37)34-25(29(39)40)18-20-11-13-21(35)14-12-20)32-28(38)24(17-19-7-2-1-3-8-19)33-26(36)22-10-6-16-31-22/h1-3,7-8,11-14,22-25,31,35H,4-6,9-10,15-18,30H2,(H,32,38)(H,33,36)(H,34,37)(H,39,40). The van der Waals surface area contributed by atoms with Crippen LogP contribution >= 0.6 is 0 Å². The van der Waals surface area contributed by atoms with Gasteiger partial charge in [-0.3, -0.25) is 14.4 Å². The third-order valence-corrected chi connectivity index (χ3v) is 6.86. The number of rotatable bonds is 15. The van der Waals surface area contributed by atoms with Crippen molar-refractivity contribution in [1.29, 1.82) is 0 Å². The van der Waals surface area contributed by atoms with Crippen molar-refractivity contribution in [3.63, 3.8) is 0 Å². The van der Waals surface area contributed by atoms with Crippen LogP contribution < -0.4 is 27.0 Å². The van der Waals surface area contributed by atoms with Crippen LogP contribution in [0.2, 0.25) is 0 Å². The van der Waals surface area contributed by atoms with E-state index in [2.05, 4.69) is 21.3 Å². The Labute approximate surface area is 233 Å². The van der Waals surface area contributed by atoms with Gasteiger partial charge in [-0.2, -0.15) is 0 Å². The first-order valence-corrected chi connectivity index (χ1v) is 13.7. The average Bonchev–Trinajstić information content (AvgIpc) is 3.49. The summed E-state index contributed by atoms with van der Waals surface area (Å²) in [4.78, 5) is 51.6. The van der Waals surface area contributed by atoms with Crippen LogP contribution in [0.1, 0.15) is 43.2 Å². The third kappa shape index (κ3) is 9.65. The van der Waals surface area contributed by atoms with Gasteiger partial charge in [0.2, 0.25) is 17.7 Å². The maximum Gasteiger partial charge on any atom is 0.326 e. The summed E-state index contributed by atoms with van der Waals surface area (Å²) in [7, 11) is 0. The van der Waals surface area contributed by atoms with Gasteiger partial charge >= 0.3 is 5.97 Å². The summed E-state index contributed by atoms with van der Waals surface area (Å²) in [5, 5.41) is 30.5. The van der Waals surface area contributed by atoms with E-state index in [1.54, 1.807) is 12.1 Å². The molecule has 0 aromatic heterocycles. The van der Waals surface area contributed by atoms with Crippen molar-refractivity contribution in [3.05, 3.63) is 65.7 Å². The van der Waals surface area contributed by atoms with Gasteiger partial charge in [-0.15, -0.1) is 0 Å². The first-order chi connectivity index (χ1) is 19.3. The predicted molar refractivity (Wildman–Crippen MR) is 149 cm³/mol. The second-order valence-electron chi connectivity index (χ2n) is 10.0. The van der Waals surface area contributed by atoms with Crippen molar-refractivity contribution >= 4 is 23.7 Å². The van der Waals surface area contributed by atoms with Crippen molar-refractivity contribution in [1.82, 2.24) is 21.3 Å². The van der Waals surface area contributed by atoms with Gasteiger partial charge in [-0.25, -0.2) is 4.79 Å². The lowest BCUT2D eigenvalue weighted by Crippen LogP contribution is -2.57. The lowest BCUT2D eigenvalue weighted by molar-refractivity contribution is -0.142. The van der Waals surface area contributed by atoms with Crippen molar-refractivity contribution in [2.75, 3.05) is 13.1 Å². The number of nitrogens with one attached hydrogen (secondary N) is 4. The Morgan fingerprint density at radius 2 is 1.48 bits per heavy atom. The molecule has 216 valence electrons. The Morgan fingerprint density at radius 3 is 2.10 bits per heavy atom. The van der Waals surface area contributed by atoms with E-state index in [4.69, 9.17) is 5.73 Å². The zero-order valence-corrected chi connectivity index (χ0v) is 22.5. The monoisotopic (exact) mass is 553 g/mol. The molecule has 1 saturated heterocycles. The highest BCUT2D eigenvalue weighted by atomic mass is 16.4. The lowest BCUT2D eigenvalue weighted by Gasteiger charge is -2.25. The Kier molecular flexibility index (Phi) is 11.9. The van der Waals surface area contributed by atoms with Gasteiger partial charge in [-0.05, 0) is 68.5 Å². The number of hydrogen-bond acceptors (Lipinski definition) is 7. The zero-order valence-electron chi connectivity index (χ0n) is 22.5. The average molecular weight is 554 g/mol. The molecule has 40 heavy (non-hydrogen) atoms. The topological polar surface area (TPSA) is 183 Å². The number of benzene rings is 2. The number of carboxylic acids is 1. The van der Waals surface area contributed by atoms with Crippen LogP contribution in [0.4, 0.5) is 0 Å². The minimum absolute atomic E-state index is 0.00804. The fourth-order valence-corrected chi connectivity index (χ4v) is 4.61. The lowest BCUT2D eigenvalue weighted by atomic mass is 10.0. The minimum atomic E-state index is -1.25. The smallest absolute Gasteiger partial charge is 0.326 e. The van der Waals surface area contributed by atoms with Crippen LogP contribution in [0, 0.1) is 0 Å². The summed E-state index contributed by atoms with van der Waals surface area (Å²) in [6, 6.07) is 11.7. The number of unbranched alkanes of at least 4 members (excludes halogenated alkanes) is 1. The highest BCUT2D eigenvalue weighted by Crippen LogP contribution is 2.13. The van der Waals surface area contributed by atoms with Crippen molar-refractivity contribution < 1.29 is 29.4 Å². The molecule has 11 heteroatoms. The molecule has 2 aromatic rings. The summed E-state index contributed by atoms with van der Waals surface area (Å²) >= 11 is 0. The van der Waals surface area contributed by atoms with E-state index < -0.39 is 35.9 Å². The third-order valence-electron chi connectivity index (χ3n) is 6.86. The first kappa shape index (κ1) is 30.6. The highest BCUT2D eigenvalue weighted by molar-refractivity contribution is 5.94. The van der Waals surface area contributed by atoms with Crippen LogP contribution in [0.15, 0.2) is 54.6 Å². The molecule has 4 atom stereocenters. The molecule has 1 fully saturated rings. The fraction of sp³-hybridized carbons (Fsp3) is 0.448. The van der Waals surface area contributed by atoms with Crippen LogP contribution in [0.25, 0.3) is 0 Å². The predicted octanol–water partition coefficient (Wildman–Crippen LogP) is 0.597. The number of hydrogen-bond donors (Lipinski definition) is 7. The largest absolute Gasteiger partial charge is 0.508 e. The Morgan fingerprint density at radius 1 is 0.850 bits per heavy atom. The van der Waals surface area contributed by atoms with Gasteiger partial charge < -0.3 is 37.2 Å². The van der Waals surface area contributed by atoms with Gasteiger partial charge in [-0.1, -0.05) is 42.5 Å². The molecule has 2 aromatic carbocycles. The van der Waals surface area contributed by atoms with E-state index in [9.17, 15) is 29.4 Å². The van der Waals surface area contributed by atoms with Gasteiger partial charge in [0.05, 0.1) is 6.04 Å². The molecule has 1 aliphatic rings. The number of carbonyl (C=O) groups is 4. The molecule has 0 saturated carbocycles. The molecule has 3 rings (SSSR count). The van der Waals surface area contributed by atoms with Gasteiger partial charge in [0, 0.05) is 12.8 Å². The van der Waals surface area contributed by atoms with Crippen molar-refractivity contribution in [2.45, 2.75) is 69.1 Å². The van der Waals surface area contributed by atoms with E-state index in [-0.39, 0.29) is 37.0 Å². The summed E-state index contributed by atoms with van der Waals surface area (Å²) in [6.07, 6.45) is 3.15. The molecule has 0 radical (unpaired) electrons. The molecule has 0 spiro atoms. The highest BCUT2D eigenvalue weighted by Gasteiger charge is 2.31. The molecular weight excluding hydrogens is 514 g/mol. The molecule has 0 aliphatic carbocycles.